The monoisotopic (exact) mass is 292 g/mol. The summed E-state index contributed by atoms with van der Waals surface area (Å²) < 4.78 is 5.70. The highest BCUT2D eigenvalue weighted by Gasteiger charge is 2.18. The Kier molecular flexibility index (Phi) is 8.99. The molecule has 0 aliphatic carbocycles. The van der Waals surface area contributed by atoms with Gasteiger partial charge in [-0.2, -0.15) is 0 Å². The summed E-state index contributed by atoms with van der Waals surface area (Å²) in [6.07, 6.45) is 3.87. The van der Waals surface area contributed by atoms with E-state index in [-0.39, 0.29) is 12.5 Å². The van der Waals surface area contributed by atoms with Crippen molar-refractivity contribution in [2.24, 2.45) is 11.8 Å². The largest absolute Gasteiger partial charge is 0.396 e. The van der Waals surface area contributed by atoms with E-state index in [0.29, 0.717) is 25.6 Å². The summed E-state index contributed by atoms with van der Waals surface area (Å²) in [4.78, 5) is 0. The first kappa shape index (κ1) is 17.9. The highest BCUT2D eigenvalue weighted by Crippen LogP contribution is 2.20. The summed E-state index contributed by atoms with van der Waals surface area (Å²) in [6, 6.07) is 10.1. The summed E-state index contributed by atoms with van der Waals surface area (Å²) >= 11 is 0. The molecule has 3 nitrogen and oxygen atoms in total. The SMILES string of the molecule is C=CC[C@@H](CCOCc1ccccc1)C[C@@H](O)[C@H](C)CO. The number of benzene rings is 1. The van der Waals surface area contributed by atoms with E-state index in [9.17, 15) is 5.11 Å². The van der Waals surface area contributed by atoms with E-state index in [4.69, 9.17) is 9.84 Å². The maximum Gasteiger partial charge on any atom is 0.0716 e. The molecule has 0 bridgehead atoms. The molecule has 1 aromatic carbocycles. The first-order valence-corrected chi connectivity index (χ1v) is 7.68. The Morgan fingerprint density at radius 3 is 2.62 bits per heavy atom. The molecular formula is C18H28O3. The molecule has 3 heteroatoms. The third kappa shape index (κ3) is 7.42. The minimum absolute atomic E-state index is 0.0203. The van der Waals surface area contributed by atoms with E-state index in [2.05, 4.69) is 6.58 Å². The molecule has 3 atom stereocenters. The lowest BCUT2D eigenvalue weighted by molar-refractivity contribution is 0.0474. The molecule has 0 unspecified atom stereocenters. The number of allylic oxidation sites excluding steroid dienone is 1. The van der Waals surface area contributed by atoms with Gasteiger partial charge in [-0.25, -0.2) is 0 Å². The molecule has 0 aliphatic heterocycles. The van der Waals surface area contributed by atoms with Crippen molar-refractivity contribution in [2.45, 2.75) is 38.9 Å². The van der Waals surface area contributed by atoms with Crippen LogP contribution in [0.1, 0.15) is 31.7 Å². The van der Waals surface area contributed by atoms with E-state index in [1.54, 1.807) is 0 Å². The Morgan fingerprint density at radius 2 is 2.00 bits per heavy atom. The van der Waals surface area contributed by atoms with Crippen molar-refractivity contribution in [3.05, 3.63) is 48.6 Å². The molecule has 0 amide bonds. The quantitative estimate of drug-likeness (QED) is 0.486. The van der Waals surface area contributed by atoms with Crippen molar-refractivity contribution in [2.75, 3.05) is 13.2 Å². The van der Waals surface area contributed by atoms with E-state index in [1.807, 2.05) is 43.3 Å². The fourth-order valence-electron chi connectivity index (χ4n) is 2.28. The molecular weight excluding hydrogens is 264 g/mol. The first-order valence-electron chi connectivity index (χ1n) is 7.68. The molecule has 0 aromatic heterocycles. The molecule has 118 valence electrons. The lowest BCUT2D eigenvalue weighted by Crippen LogP contribution is -2.24. The summed E-state index contributed by atoms with van der Waals surface area (Å²) in [6.45, 7) is 6.96. The molecule has 0 heterocycles. The normalized spacial score (nSPS) is 15.4. The van der Waals surface area contributed by atoms with Gasteiger partial charge >= 0.3 is 0 Å². The maximum absolute atomic E-state index is 10.0. The second-order valence-electron chi connectivity index (χ2n) is 5.68. The predicted molar refractivity (Wildman–Crippen MR) is 85.9 cm³/mol. The number of hydrogen-bond donors (Lipinski definition) is 2. The Morgan fingerprint density at radius 1 is 1.29 bits per heavy atom. The fraction of sp³-hybridized carbons (Fsp3) is 0.556. The molecule has 1 aromatic rings. The van der Waals surface area contributed by atoms with Crippen molar-refractivity contribution < 1.29 is 14.9 Å². The van der Waals surface area contributed by atoms with Gasteiger partial charge in [-0.3, -0.25) is 0 Å². The van der Waals surface area contributed by atoms with Crippen LogP contribution in [0.4, 0.5) is 0 Å². The smallest absolute Gasteiger partial charge is 0.0716 e. The highest BCUT2D eigenvalue weighted by atomic mass is 16.5. The van der Waals surface area contributed by atoms with Crippen LogP contribution in [0.15, 0.2) is 43.0 Å². The van der Waals surface area contributed by atoms with Gasteiger partial charge in [0.1, 0.15) is 0 Å². The van der Waals surface area contributed by atoms with Crippen LogP contribution in [0.25, 0.3) is 0 Å². The Hall–Kier alpha value is -1.16. The average molecular weight is 292 g/mol. The Bertz CT molecular complexity index is 377. The molecule has 0 saturated carbocycles. The van der Waals surface area contributed by atoms with E-state index < -0.39 is 6.10 Å². The lowest BCUT2D eigenvalue weighted by Gasteiger charge is -2.22. The van der Waals surface area contributed by atoms with E-state index >= 15 is 0 Å². The lowest BCUT2D eigenvalue weighted by atomic mass is 9.90. The van der Waals surface area contributed by atoms with Gasteiger partial charge in [0.05, 0.1) is 12.7 Å². The van der Waals surface area contributed by atoms with Gasteiger partial charge in [-0.1, -0.05) is 43.3 Å². The average Bonchev–Trinajstić information content (AvgIpc) is 2.51. The fourth-order valence-corrected chi connectivity index (χ4v) is 2.28. The molecule has 0 spiro atoms. The van der Waals surface area contributed by atoms with E-state index in [1.165, 1.54) is 5.56 Å². The van der Waals surface area contributed by atoms with Gasteiger partial charge in [0.2, 0.25) is 0 Å². The number of hydrogen-bond acceptors (Lipinski definition) is 3. The third-order valence-corrected chi connectivity index (χ3v) is 3.80. The molecule has 0 aliphatic rings. The van der Waals surface area contributed by atoms with Crippen LogP contribution in [0.2, 0.25) is 0 Å². The zero-order valence-electron chi connectivity index (χ0n) is 12.9. The van der Waals surface area contributed by atoms with Crippen molar-refractivity contribution in [3.8, 4) is 0 Å². The number of ether oxygens (including phenoxy) is 1. The van der Waals surface area contributed by atoms with Gasteiger partial charge < -0.3 is 14.9 Å². The molecule has 0 fully saturated rings. The van der Waals surface area contributed by atoms with Gasteiger partial charge in [0.25, 0.3) is 0 Å². The number of aliphatic hydroxyl groups is 2. The topological polar surface area (TPSA) is 49.7 Å². The first-order chi connectivity index (χ1) is 10.2. The van der Waals surface area contributed by atoms with E-state index in [0.717, 1.165) is 12.8 Å². The van der Waals surface area contributed by atoms with Crippen LogP contribution in [-0.2, 0) is 11.3 Å². The van der Waals surface area contributed by atoms with Crippen LogP contribution >= 0.6 is 0 Å². The zero-order valence-corrected chi connectivity index (χ0v) is 12.9. The Balaban J connectivity index is 2.29. The van der Waals surface area contributed by atoms with Crippen LogP contribution in [0.3, 0.4) is 0 Å². The number of aliphatic hydroxyl groups excluding tert-OH is 2. The van der Waals surface area contributed by atoms with Crippen molar-refractivity contribution >= 4 is 0 Å². The van der Waals surface area contributed by atoms with Crippen LogP contribution in [0, 0.1) is 11.8 Å². The third-order valence-electron chi connectivity index (χ3n) is 3.80. The van der Waals surface area contributed by atoms with Crippen molar-refractivity contribution in [3.63, 3.8) is 0 Å². The summed E-state index contributed by atoms with van der Waals surface area (Å²) in [5.74, 6) is 0.268. The second-order valence-corrected chi connectivity index (χ2v) is 5.68. The summed E-state index contributed by atoms with van der Waals surface area (Å²) in [7, 11) is 0. The van der Waals surface area contributed by atoms with Gasteiger partial charge in [-0.15, -0.1) is 6.58 Å². The van der Waals surface area contributed by atoms with Crippen molar-refractivity contribution in [1.29, 1.82) is 0 Å². The molecule has 21 heavy (non-hydrogen) atoms. The predicted octanol–water partition coefficient (Wildman–Crippen LogP) is 3.17. The minimum Gasteiger partial charge on any atom is -0.396 e. The van der Waals surface area contributed by atoms with Gasteiger partial charge in [0.15, 0.2) is 0 Å². The van der Waals surface area contributed by atoms with Crippen molar-refractivity contribution in [1.82, 2.24) is 0 Å². The van der Waals surface area contributed by atoms with Crippen LogP contribution in [0.5, 0.6) is 0 Å². The maximum atomic E-state index is 10.0. The van der Waals surface area contributed by atoms with Gasteiger partial charge in [0, 0.05) is 19.1 Å². The summed E-state index contributed by atoms with van der Waals surface area (Å²) in [5, 5.41) is 19.1. The molecule has 0 saturated heterocycles. The molecule has 0 radical (unpaired) electrons. The molecule has 1 rings (SSSR count). The standard InChI is InChI=1S/C18H28O3/c1-3-7-16(12-18(20)15(2)13-19)10-11-21-14-17-8-5-4-6-9-17/h3-6,8-9,15-16,18-20H,1,7,10-14H2,2H3/t15-,16+,18-/m1/s1. The molecule has 2 N–H and O–H groups in total. The summed E-state index contributed by atoms with van der Waals surface area (Å²) in [5.41, 5.74) is 1.17. The van der Waals surface area contributed by atoms with Crippen LogP contribution in [-0.4, -0.2) is 29.5 Å². The second kappa shape index (κ2) is 10.6. The Labute approximate surface area is 128 Å². The van der Waals surface area contributed by atoms with Crippen LogP contribution < -0.4 is 0 Å². The minimum atomic E-state index is -0.464. The number of rotatable bonds is 11. The van der Waals surface area contributed by atoms with Gasteiger partial charge in [-0.05, 0) is 30.7 Å². The zero-order chi connectivity index (χ0) is 15.5. The highest BCUT2D eigenvalue weighted by molar-refractivity contribution is 5.13.